The first kappa shape index (κ1) is 21.6. The van der Waals surface area contributed by atoms with Crippen LogP contribution in [0.5, 0.6) is 0 Å². The molecule has 2 aromatic rings. The molecule has 1 N–H and O–H groups in total. The predicted octanol–water partition coefficient (Wildman–Crippen LogP) is 6.20. The number of carbonyl (C=O) groups excluding carboxylic acids is 1. The summed E-state index contributed by atoms with van der Waals surface area (Å²) in [5.41, 5.74) is 4.01. The van der Waals surface area contributed by atoms with Crippen LogP contribution < -0.4 is 5.32 Å². The fourth-order valence-electron chi connectivity index (χ4n) is 8.54. The minimum atomic E-state index is -0.336. The van der Waals surface area contributed by atoms with E-state index in [2.05, 4.69) is 53.6 Å². The standard InChI is InChI=1S/C30H34N2O3/c1-28-11-9-23-16-22-5-6-24(34-27(33)31-2)17-29(22)12-13-30(23,35-29)26(28)8-7-25(28)20-4-3-19-10-14-32-18-21(19)15-20/h3-4,9-10,14-16,18,24-26H,5-8,11-13,17H2,1-2H3,(H,31,33)/t24-,25?,26-,28-,29-,30-/m1/s1. The van der Waals surface area contributed by atoms with Gasteiger partial charge in [-0.2, -0.15) is 0 Å². The fraction of sp³-hybridized carbons (Fsp3) is 0.533. The molecule has 0 radical (unpaired) electrons. The van der Waals surface area contributed by atoms with Crippen molar-refractivity contribution in [2.24, 2.45) is 11.3 Å². The number of pyridine rings is 1. The summed E-state index contributed by atoms with van der Waals surface area (Å²) < 4.78 is 13.0. The van der Waals surface area contributed by atoms with Crippen molar-refractivity contribution in [1.82, 2.24) is 10.3 Å². The monoisotopic (exact) mass is 470 g/mol. The van der Waals surface area contributed by atoms with E-state index in [1.807, 2.05) is 12.4 Å². The zero-order valence-electron chi connectivity index (χ0n) is 20.7. The third-order valence-corrected chi connectivity index (χ3v) is 10.2. The summed E-state index contributed by atoms with van der Waals surface area (Å²) in [6.45, 7) is 2.51. The molecule has 6 atom stereocenters. The molecule has 1 saturated heterocycles. The van der Waals surface area contributed by atoms with E-state index in [1.165, 1.54) is 40.3 Å². The Balaban J connectivity index is 1.23. The number of fused-ring (bicyclic) bond motifs is 2. The molecule has 5 heteroatoms. The Morgan fingerprint density at radius 2 is 2.09 bits per heavy atom. The minimum absolute atomic E-state index is 0.0784. The number of benzene rings is 1. The van der Waals surface area contributed by atoms with E-state index < -0.39 is 0 Å². The van der Waals surface area contributed by atoms with Crippen molar-refractivity contribution in [2.45, 2.75) is 81.5 Å². The molecule has 3 aliphatic carbocycles. The van der Waals surface area contributed by atoms with Crippen LogP contribution in [-0.2, 0) is 9.47 Å². The summed E-state index contributed by atoms with van der Waals surface area (Å²) >= 11 is 0. The van der Waals surface area contributed by atoms with Crippen LogP contribution in [-0.4, -0.2) is 35.4 Å². The molecule has 182 valence electrons. The summed E-state index contributed by atoms with van der Waals surface area (Å²) in [6, 6.07) is 9.07. The molecule has 2 spiro atoms. The van der Waals surface area contributed by atoms with Gasteiger partial charge in [-0.05, 0) is 96.4 Å². The first-order chi connectivity index (χ1) is 17.0. The molecule has 2 aliphatic heterocycles. The van der Waals surface area contributed by atoms with E-state index in [9.17, 15) is 4.79 Å². The highest BCUT2D eigenvalue weighted by Gasteiger charge is 2.66. The Kier molecular flexibility index (Phi) is 4.58. The van der Waals surface area contributed by atoms with Crippen LogP contribution >= 0.6 is 0 Å². The lowest BCUT2D eigenvalue weighted by Gasteiger charge is -2.54. The summed E-state index contributed by atoms with van der Waals surface area (Å²) in [6.07, 6.45) is 16.7. The Bertz CT molecular complexity index is 1280. The van der Waals surface area contributed by atoms with Crippen molar-refractivity contribution in [3.8, 4) is 0 Å². The van der Waals surface area contributed by atoms with Crippen molar-refractivity contribution in [1.29, 1.82) is 0 Å². The lowest BCUT2D eigenvalue weighted by Crippen LogP contribution is -2.54. The zero-order chi connectivity index (χ0) is 23.8. The van der Waals surface area contributed by atoms with Crippen LogP contribution in [0.25, 0.3) is 10.8 Å². The maximum absolute atomic E-state index is 11.9. The first-order valence-corrected chi connectivity index (χ1v) is 13.3. The number of ether oxygens (including phenoxy) is 2. The van der Waals surface area contributed by atoms with Gasteiger partial charge >= 0.3 is 6.09 Å². The molecule has 2 saturated carbocycles. The number of alkyl carbamates (subject to hydrolysis) is 1. The number of amides is 1. The van der Waals surface area contributed by atoms with Gasteiger partial charge in [-0.1, -0.05) is 31.2 Å². The lowest BCUT2D eigenvalue weighted by molar-refractivity contribution is -0.144. The van der Waals surface area contributed by atoms with E-state index in [-0.39, 0.29) is 28.8 Å². The molecule has 1 aromatic carbocycles. The maximum atomic E-state index is 11.9. The molecule has 35 heavy (non-hydrogen) atoms. The van der Waals surface area contributed by atoms with Crippen LogP contribution in [0.3, 0.4) is 0 Å². The number of allylic oxidation sites excluding steroid dienone is 1. The fourth-order valence-corrected chi connectivity index (χ4v) is 8.54. The largest absolute Gasteiger partial charge is 0.446 e. The molecule has 3 fully saturated rings. The number of nitrogens with zero attached hydrogens (tertiary/aromatic N) is 1. The van der Waals surface area contributed by atoms with Gasteiger partial charge in [0, 0.05) is 31.2 Å². The molecule has 3 heterocycles. The number of aromatic nitrogens is 1. The highest BCUT2D eigenvalue weighted by molar-refractivity contribution is 5.82. The van der Waals surface area contributed by atoms with Crippen LogP contribution in [0.4, 0.5) is 4.79 Å². The van der Waals surface area contributed by atoms with E-state index in [0.29, 0.717) is 11.8 Å². The van der Waals surface area contributed by atoms with Crippen molar-refractivity contribution in [3.63, 3.8) is 0 Å². The van der Waals surface area contributed by atoms with Gasteiger partial charge in [-0.3, -0.25) is 4.98 Å². The molecule has 2 bridgehead atoms. The quantitative estimate of drug-likeness (QED) is 0.568. The second-order valence-corrected chi connectivity index (χ2v) is 11.7. The summed E-state index contributed by atoms with van der Waals surface area (Å²) in [5, 5.41) is 5.09. The van der Waals surface area contributed by atoms with Crippen molar-refractivity contribution < 1.29 is 14.3 Å². The van der Waals surface area contributed by atoms with Crippen LogP contribution in [0, 0.1) is 11.3 Å². The highest BCUT2D eigenvalue weighted by Crippen LogP contribution is 2.69. The molecule has 7 rings (SSSR count). The average Bonchev–Trinajstić information content (AvgIpc) is 3.38. The Morgan fingerprint density at radius 3 is 2.97 bits per heavy atom. The van der Waals surface area contributed by atoms with Gasteiger partial charge in [0.25, 0.3) is 0 Å². The summed E-state index contributed by atoms with van der Waals surface area (Å²) in [5.74, 6) is 1.02. The van der Waals surface area contributed by atoms with Gasteiger partial charge in [-0.15, -0.1) is 0 Å². The summed E-state index contributed by atoms with van der Waals surface area (Å²) in [4.78, 5) is 16.3. The average molecular weight is 471 g/mol. The van der Waals surface area contributed by atoms with Gasteiger partial charge < -0.3 is 14.8 Å². The van der Waals surface area contributed by atoms with Crippen LogP contribution in [0.2, 0.25) is 0 Å². The second kappa shape index (κ2) is 7.42. The molecular formula is C30H34N2O3. The topological polar surface area (TPSA) is 60.5 Å². The molecule has 5 aliphatic rings. The number of hydrogen-bond acceptors (Lipinski definition) is 4. The first-order valence-electron chi connectivity index (χ1n) is 13.3. The Labute approximate surface area is 207 Å². The molecule has 1 aromatic heterocycles. The molecular weight excluding hydrogens is 436 g/mol. The summed E-state index contributed by atoms with van der Waals surface area (Å²) in [7, 11) is 1.62. The van der Waals surface area contributed by atoms with E-state index in [4.69, 9.17) is 9.47 Å². The number of carbonyl (C=O) groups is 1. The van der Waals surface area contributed by atoms with Crippen LogP contribution in [0.15, 0.2) is 60.0 Å². The molecule has 1 unspecified atom stereocenters. The van der Waals surface area contributed by atoms with Crippen molar-refractivity contribution in [3.05, 3.63) is 65.5 Å². The number of rotatable bonds is 2. The predicted molar refractivity (Wildman–Crippen MR) is 135 cm³/mol. The molecule has 1 amide bonds. The highest BCUT2D eigenvalue weighted by atomic mass is 16.6. The Morgan fingerprint density at radius 1 is 1.17 bits per heavy atom. The van der Waals surface area contributed by atoms with Gasteiger partial charge in [0.15, 0.2) is 0 Å². The Hall–Kier alpha value is -2.66. The normalized spacial score (nSPS) is 39.2. The smallest absolute Gasteiger partial charge is 0.407 e. The van der Waals surface area contributed by atoms with E-state index in [0.717, 1.165) is 38.5 Å². The van der Waals surface area contributed by atoms with Gasteiger partial charge in [0.2, 0.25) is 0 Å². The number of hydrogen-bond donors (Lipinski definition) is 1. The van der Waals surface area contributed by atoms with Gasteiger partial charge in [0.05, 0.1) is 11.2 Å². The maximum Gasteiger partial charge on any atom is 0.407 e. The molecule has 5 nitrogen and oxygen atoms in total. The van der Waals surface area contributed by atoms with E-state index >= 15 is 0 Å². The lowest BCUT2D eigenvalue weighted by atomic mass is 9.58. The van der Waals surface area contributed by atoms with Gasteiger partial charge in [-0.25, -0.2) is 4.79 Å². The van der Waals surface area contributed by atoms with Crippen LogP contribution in [0.1, 0.15) is 69.8 Å². The SMILES string of the molecule is CNC(=O)O[C@@H]1CCC2=CC3=CC[C@]4(C)C(c5ccc6ccncc6c5)CC[C@H]4[C@@]34CC[C@]2(C1)O4. The van der Waals surface area contributed by atoms with Crippen molar-refractivity contribution in [2.75, 3.05) is 7.05 Å². The minimum Gasteiger partial charge on any atom is -0.446 e. The van der Waals surface area contributed by atoms with Gasteiger partial charge in [0.1, 0.15) is 6.10 Å². The zero-order valence-corrected chi connectivity index (χ0v) is 20.7. The van der Waals surface area contributed by atoms with Crippen molar-refractivity contribution >= 4 is 16.9 Å². The second-order valence-electron chi connectivity index (χ2n) is 11.7. The van der Waals surface area contributed by atoms with E-state index in [1.54, 1.807) is 7.05 Å². The third-order valence-electron chi connectivity index (χ3n) is 10.2. The number of nitrogens with one attached hydrogen (secondary N) is 1. The third kappa shape index (κ3) is 2.97.